The van der Waals surface area contributed by atoms with Crippen LogP contribution in [0.25, 0.3) is 0 Å². The van der Waals surface area contributed by atoms with Crippen molar-refractivity contribution in [3.8, 4) is 0 Å². The Balaban J connectivity index is 2.19. The Kier molecular flexibility index (Phi) is 4.02. The minimum absolute atomic E-state index is 0.186. The maximum absolute atomic E-state index is 11.2. The van der Waals surface area contributed by atoms with Gasteiger partial charge in [0, 0.05) is 6.54 Å². The van der Waals surface area contributed by atoms with Gasteiger partial charge in [-0.1, -0.05) is 19.8 Å². The van der Waals surface area contributed by atoms with Crippen LogP contribution in [-0.4, -0.2) is 17.4 Å². The molecule has 1 aromatic heterocycles. The number of hydrogen-bond acceptors (Lipinski definition) is 3. The Morgan fingerprint density at radius 2 is 2.46 bits per heavy atom. The Morgan fingerprint density at radius 1 is 1.62 bits per heavy atom. The average molecular weight is 182 g/mol. The van der Waals surface area contributed by atoms with Crippen LogP contribution in [0.4, 0.5) is 0 Å². The largest absolute Gasteiger partial charge is 0.438 e. The van der Waals surface area contributed by atoms with Crippen LogP contribution < -0.4 is 5.32 Å². The van der Waals surface area contributed by atoms with Crippen molar-refractivity contribution in [2.45, 2.75) is 26.2 Å². The summed E-state index contributed by atoms with van der Waals surface area (Å²) in [5, 5.41) is 2.75. The molecule has 4 nitrogen and oxygen atoms in total. The van der Waals surface area contributed by atoms with Crippen LogP contribution >= 0.6 is 0 Å². The quantitative estimate of drug-likeness (QED) is 0.703. The summed E-state index contributed by atoms with van der Waals surface area (Å²) in [4.78, 5) is 14.9. The zero-order valence-corrected chi connectivity index (χ0v) is 7.75. The molecular weight excluding hydrogens is 168 g/mol. The van der Waals surface area contributed by atoms with Crippen molar-refractivity contribution in [3.05, 3.63) is 18.4 Å². The normalized spacial score (nSPS) is 9.92. The van der Waals surface area contributed by atoms with Crippen molar-refractivity contribution in [3.63, 3.8) is 0 Å². The van der Waals surface area contributed by atoms with Gasteiger partial charge in [0.1, 0.15) is 0 Å². The second-order valence-electron chi connectivity index (χ2n) is 2.83. The summed E-state index contributed by atoms with van der Waals surface area (Å²) >= 11 is 0. The first kappa shape index (κ1) is 9.77. The fraction of sp³-hybridized carbons (Fsp3) is 0.556. The van der Waals surface area contributed by atoms with Crippen LogP contribution in [0.1, 0.15) is 36.7 Å². The molecule has 0 aliphatic rings. The van der Waals surface area contributed by atoms with E-state index in [4.69, 9.17) is 4.42 Å². The Labute approximate surface area is 77.3 Å². The Bertz CT molecular complexity index is 244. The third-order valence-corrected chi connectivity index (χ3v) is 1.72. The first-order chi connectivity index (χ1) is 6.34. The highest BCUT2D eigenvalue weighted by Crippen LogP contribution is 1.96. The topological polar surface area (TPSA) is 55.1 Å². The highest BCUT2D eigenvalue weighted by atomic mass is 16.3. The number of oxazole rings is 1. The van der Waals surface area contributed by atoms with Gasteiger partial charge >= 0.3 is 0 Å². The predicted octanol–water partition coefficient (Wildman–Crippen LogP) is 1.59. The van der Waals surface area contributed by atoms with Crippen molar-refractivity contribution in [1.29, 1.82) is 0 Å². The van der Waals surface area contributed by atoms with E-state index in [0.29, 0.717) is 6.54 Å². The number of nitrogens with one attached hydrogen (secondary N) is 1. The summed E-state index contributed by atoms with van der Waals surface area (Å²) in [6, 6.07) is 0. The van der Waals surface area contributed by atoms with Crippen molar-refractivity contribution in [2.24, 2.45) is 0 Å². The summed E-state index contributed by atoms with van der Waals surface area (Å²) < 4.78 is 4.83. The number of carbonyl (C=O) groups is 1. The lowest BCUT2D eigenvalue weighted by atomic mass is 10.2. The lowest BCUT2D eigenvalue weighted by molar-refractivity contribution is 0.0925. The zero-order chi connectivity index (χ0) is 9.52. The Hall–Kier alpha value is -1.32. The molecule has 0 aromatic carbocycles. The standard InChI is InChI=1S/C9H14N2O2/c1-2-3-4-5-11-9(12)8-6-10-7-13-8/h6-7H,2-5H2,1H3,(H,11,12). The smallest absolute Gasteiger partial charge is 0.288 e. The van der Waals surface area contributed by atoms with Gasteiger partial charge in [-0.05, 0) is 6.42 Å². The average Bonchev–Trinajstić information content (AvgIpc) is 2.65. The second-order valence-corrected chi connectivity index (χ2v) is 2.83. The first-order valence-electron chi connectivity index (χ1n) is 4.51. The molecule has 1 amide bonds. The molecule has 13 heavy (non-hydrogen) atoms. The van der Waals surface area contributed by atoms with E-state index < -0.39 is 0 Å². The summed E-state index contributed by atoms with van der Waals surface area (Å²) in [6.07, 6.45) is 5.96. The molecule has 4 heteroatoms. The summed E-state index contributed by atoms with van der Waals surface area (Å²) in [7, 11) is 0. The second kappa shape index (κ2) is 5.35. The monoisotopic (exact) mass is 182 g/mol. The fourth-order valence-corrected chi connectivity index (χ4v) is 0.992. The third kappa shape index (κ3) is 3.27. The number of nitrogens with zero attached hydrogens (tertiary/aromatic N) is 1. The molecule has 0 radical (unpaired) electrons. The van der Waals surface area contributed by atoms with Crippen LogP contribution in [0.5, 0.6) is 0 Å². The fourth-order valence-electron chi connectivity index (χ4n) is 0.992. The van der Waals surface area contributed by atoms with Crippen molar-refractivity contribution >= 4 is 5.91 Å². The summed E-state index contributed by atoms with van der Waals surface area (Å²) in [5.74, 6) is 0.0881. The van der Waals surface area contributed by atoms with E-state index in [1.54, 1.807) is 0 Å². The van der Waals surface area contributed by atoms with Crippen LogP contribution in [0, 0.1) is 0 Å². The number of amides is 1. The maximum atomic E-state index is 11.2. The van der Waals surface area contributed by atoms with E-state index in [9.17, 15) is 4.79 Å². The lowest BCUT2D eigenvalue weighted by Crippen LogP contribution is -2.23. The van der Waals surface area contributed by atoms with E-state index in [-0.39, 0.29) is 11.7 Å². The van der Waals surface area contributed by atoms with Crippen LogP contribution in [0.15, 0.2) is 17.0 Å². The van der Waals surface area contributed by atoms with Crippen LogP contribution in [-0.2, 0) is 0 Å². The summed E-state index contributed by atoms with van der Waals surface area (Å²) in [6.45, 7) is 2.83. The molecule has 72 valence electrons. The number of unbranched alkanes of at least 4 members (excludes halogenated alkanes) is 2. The molecule has 0 aliphatic carbocycles. The molecule has 1 aromatic rings. The SMILES string of the molecule is CCCCCNC(=O)c1cnco1. The van der Waals surface area contributed by atoms with Gasteiger partial charge < -0.3 is 9.73 Å². The molecule has 0 spiro atoms. The van der Waals surface area contributed by atoms with E-state index >= 15 is 0 Å². The van der Waals surface area contributed by atoms with E-state index in [1.807, 2.05) is 0 Å². The van der Waals surface area contributed by atoms with Crippen molar-refractivity contribution in [2.75, 3.05) is 6.54 Å². The molecule has 0 fully saturated rings. The number of aromatic nitrogens is 1. The minimum atomic E-state index is -0.186. The molecule has 1 heterocycles. The van der Waals surface area contributed by atoms with E-state index in [0.717, 1.165) is 19.3 Å². The molecule has 1 N–H and O–H groups in total. The van der Waals surface area contributed by atoms with Gasteiger partial charge in [-0.3, -0.25) is 4.79 Å². The van der Waals surface area contributed by atoms with Gasteiger partial charge in [0.15, 0.2) is 6.39 Å². The minimum Gasteiger partial charge on any atom is -0.438 e. The molecule has 0 saturated carbocycles. The van der Waals surface area contributed by atoms with Gasteiger partial charge in [0.05, 0.1) is 6.20 Å². The lowest BCUT2D eigenvalue weighted by Gasteiger charge is -2.00. The van der Waals surface area contributed by atoms with Crippen LogP contribution in [0.3, 0.4) is 0 Å². The number of carbonyl (C=O) groups excluding carboxylic acids is 1. The first-order valence-corrected chi connectivity index (χ1v) is 4.51. The Morgan fingerprint density at radius 3 is 3.08 bits per heavy atom. The number of rotatable bonds is 5. The predicted molar refractivity (Wildman–Crippen MR) is 48.4 cm³/mol. The molecule has 0 unspecified atom stereocenters. The number of hydrogen-bond donors (Lipinski definition) is 1. The van der Waals surface area contributed by atoms with Crippen molar-refractivity contribution in [1.82, 2.24) is 10.3 Å². The van der Waals surface area contributed by atoms with E-state index in [2.05, 4.69) is 17.2 Å². The van der Waals surface area contributed by atoms with Gasteiger partial charge in [0.2, 0.25) is 5.76 Å². The zero-order valence-electron chi connectivity index (χ0n) is 7.75. The highest BCUT2D eigenvalue weighted by Gasteiger charge is 2.06. The van der Waals surface area contributed by atoms with Gasteiger partial charge in [-0.25, -0.2) is 4.98 Å². The third-order valence-electron chi connectivity index (χ3n) is 1.72. The highest BCUT2D eigenvalue weighted by molar-refractivity contribution is 5.90. The maximum Gasteiger partial charge on any atom is 0.288 e. The van der Waals surface area contributed by atoms with Crippen molar-refractivity contribution < 1.29 is 9.21 Å². The van der Waals surface area contributed by atoms with E-state index in [1.165, 1.54) is 12.6 Å². The van der Waals surface area contributed by atoms with Gasteiger partial charge in [-0.15, -0.1) is 0 Å². The van der Waals surface area contributed by atoms with Crippen LogP contribution in [0.2, 0.25) is 0 Å². The molecule has 0 aliphatic heterocycles. The molecular formula is C9H14N2O2. The summed E-state index contributed by atoms with van der Waals surface area (Å²) in [5.41, 5.74) is 0. The van der Waals surface area contributed by atoms with Gasteiger partial charge in [-0.2, -0.15) is 0 Å². The van der Waals surface area contributed by atoms with Gasteiger partial charge in [0.25, 0.3) is 5.91 Å². The molecule has 0 bridgehead atoms. The molecule has 1 rings (SSSR count). The molecule has 0 atom stereocenters. The molecule has 0 saturated heterocycles.